The molecular formula is C16H22ClN3O2. The largest absolute Gasteiger partial charge is 0.444 e. The maximum Gasteiger partial charge on any atom is 0.410 e. The number of hydrogen-bond acceptors (Lipinski definition) is 4. The van der Waals surface area contributed by atoms with E-state index in [-0.39, 0.29) is 6.09 Å². The van der Waals surface area contributed by atoms with Gasteiger partial charge in [0.05, 0.1) is 13.1 Å². The van der Waals surface area contributed by atoms with Crippen LogP contribution in [0.3, 0.4) is 0 Å². The van der Waals surface area contributed by atoms with Gasteiger partial charge in [0.15, 0.2) is 0 Å². The van der Waals surface area contributed by atoms with E-state index < -0.39 is 5.60 Å². The van der Waals surface area contributed by atoms with Crippen molar-refractivity contribution < 1.29 is 9.53 Å². The van der Waals surface area contributed by atoms with Gasteiger partial charge < -0.3 is 10.1 Å². The average molecular weight is 324 g/mol. The van der Waals surface area contributed by atoms with Crippen molar-refractivity contribution in [2.24, 2.45) is 4.99 Å². The van der Waals surface area contributed by atoms with Crippen molar-refractivity contribution in [2.75, 3.05) is 19.6 Å². The van der Waals surface area contributed by atoms with Gasteiger partial charge in [-0.1, -0.05) is 23.7 Å². The SMILES string of the molecule is CC(C)(C)OC(=O)N1CCN=C(NCc2cccc(Cl)c2)C1. The number of halogens is 1. The van der Waals surface area contributed by atoms with Gasteiger partial charge in [0.25, 0.3) is 0 Å². The topological polar surface area (TPSA) is 53.9 Å². The summed E-state index contributed by atoms with van der Waals surface area (Å²) in [5, 5.41) is 3.96. The summed E-state index contributed by atoms with van der Waals surface area (Å²) >= 11 is 5.97. The molecule has 0 radical (unpaired) electrons. The van der Waals surface area contributed by atoms with Crippen LogP contribution in [0.4, 0.5) is 4.79 Å². The van der Waals surface area contributed by atoms with Gasteiger partial charge >= 0.3 is 6.09 Å². The Hall–Kier alpha value is -1.75. The van der Waals surface area contributed by atoms with Crippen LogP contribution in [-0.2, 0) is 11.3 Å². The molecule has 0 fully saturated rings. The number of carbonyl (C=O) groups excluding carboxylic acids is 1. The zero-order valence-corrected chi connectivity index (χ0v) is 14.0. The molecule has 1 aromatic carbocycles. The number of amidine groups is 1. The second-order valence-corrected chi connectivity index (χ2v) is 6.65. The van der Waals surface area contributed by atoms with Crippen molar-refractivity contribution in [3.8, 4) is 0 Å². The Morgan fingerprint density at radius 3 is 2.91 bits per heavy atom. The van der Waals surface area contributed by atoms with Crippen molar-refractivity contribution in [1.82, 2.24) is 10.2 Å². The summed E-state index contributed by atoms with van der Waals surface area (Å²) in [4.78, 5) is 18.2. The molecule has 2 rings (SSSR count). The van der Waals surface area contributed by atoms with Gasteiger partial charge in [-0.2, -0.15) is 0 Å². The molecule has 0 unspecified atom stereocenters. The minimum Gasteiger partial charge on any atom is -0.444 e. The van der Waals surface area contributed by atoms with E-state index in [9.17, 15) is 4.79 Å². The summed E-state index contributed by atoms with van der Waals surface area (Å²) in [7, 11) is 0. The molecule has 0 saturated carbocycles. The van der Waals surface area contributed by atoms with E-state index in [1.54, 1.807) is 4.90 Å². The highest BCUT2D eigenvalue weighted by Crippen LogP contribution is 2.12. The van der Waals surface area contributed by atoms with Crippen molar-refractivity contribution in [3.05, 3.63) is 34.9 Å². The summed E-state index contributed by atoms with van der Waals surface area (Å²) in [5.74, 6) is 0.789. The first-order valence-electron chi connectivity index (χ1n) is 7.33. The van der Waals surface area contributed by atoms with E-state index in [1.165, 1.54) is 0 Å². The number of nitrogens with zero attached hydrogens (tertiary/aromatic N) is 2. The summed E-state index contributed by atoms with van der Waals surface area (Å²) in [6, 6.07) is 7.65. The number of hydrogen-bond donors (Lipinski definition) is 1. The lowest BCUT2D eigenvalue weighted by molar-refractivity contribution is 0.0276. The van der Waals surface area contributed by atoms with Crippen molar-refractivity contribution in [2.45, 2.75) is 32.9 Å². The molecule has 1 aliphatic rings. The number of rotatable bonds is 2. The maximum atomic E-state index is 12.1. The van der Waals surface area contributed by atoms with Gasteiger partial charge in [-0.15, -0.1) is 0 Å². The van der Waals surface area contributed by atoms with Crippen LogP contribution in [0.15, 0.2) is 29.3 Å². The molecule has 1 amide bonds. The summed E-state index contributed by atoms with van der Waals surface area (Å²) in [6.45, 7) is 7.81. The highest BCUT2D eigenvalue weighted by atomic mass is 35.5. The molecule has 0 bridgehead atoms. The fraction of sp³-hybridized carbons (Fsp3) is 0.500. The third-order valence-corrected chi connectivity index (χ3v) is 3.29. The molecule has 5 nitrogen and oxygen atoms in total. The molecule has 0 atom stereocenters. The van der Waals surface area contributed by atoms with Crippen LogP contribution in [0.2, 0.25) is 5.02 Å². The summed E-state index contributed by atoms with van der Waals surface area (Å²) in [6.07, 6.45) is -0.301. The predicted octanol–water partition coefficient (Wildman–Crippen LogP) is 3.08. The number of aliphatic imine (C=N–C) groups is 1. The highest BCUT2D eigenvalue weighted by molar-refractivity contribution is 6.30. The molecule has 0 aromatic heterocycles. The Bertz CT molecular complexity index is 567. The van der Waals surface area contributed by atoms with Crippen LogP contribution in [0.5, 0.6) is 0 Å². The number of nitrogens with one attached hydrogen (secondary N) is 1. The molecule has 1 aliphatic heterocycles. The van der Waals surface area contributed by atoms with Crippen molar-refractivity contribution in [3.63, 3.8) is 0 Å². The molecular weight excluding hydrogens is 302 g/mol. The monoisotopic (exact) mass is 323 g/mol. The molecule has 0 spiro atoms. The first-order valence-corrected chi connectivity index (χ1v) is 7.71. The summed E-state index contributed by atoms with van der Waals surface area (Å²) < 4.78 is 5.39. The lowest BCUT2D eigenvalue weighted by Crippen LogP contribution is -2.47. The zero-order chi connectivity index (χ0) is 16.2. The van der Waals surface area contributed by atoms with Crippen LogP contribution in [0, 0.1) is 0 Å². The van der Waals surface area contributed by atoms with Crippen LogP contribution >= 0.6 is 11.6 Å². The van der Waals surface area contributed by atoms with Gasteiger partial charge in [0.1, 0.15) is 11.4 Å². The van der Waals surface area contributed by atoms with Gasteiger partial charge in [-0.05, 0) is 38.5 Å². The minimum atomic E-state index is -0.486. The van der Waals surface area contributed by atoms with Gasteiger partial charge in [0, 0.05) is 18.1 Å². The van der Waals surface area contributed by atoms with E-state index in [4.69, 9.17) is 16.3 Å². The van der Waals surface area contributed by atoms with Crippen LogP contribution < -0.4 is 5.32 Å². The highest BCUT2D eigenvalue weighted by Gasteiger charge is 2.24. The van der Waals surface area contributed by atoms with Crippen LogP contribution in [0.1, 0.15) is 26.3 Å². The van der Waals surface area contributed by atoms with Crippen LogP contribution in [0.25, 0.3) is 0 Å². The van der Waals surface area contributed by atoms with E-state index in [2.05, 4.69) is 10.3 Å². The lowest BCUT2D eigenvalue weighted by atomic mass is 10.2. The molecule has 1 heterocycles. The molecule has 120 valence electrons. The van der Waals surface area contributed by atoms with Crippen molar-refractivity contribution >= 4 is 23.5 Å². The molecule has 6 heteroatoms. The Kier molecular flexibility index (Phi) is 5.29. The Morgan fingerprint density at radius 1 is 1.45 bits per heavy atom. The van der Waals surface area contributed by atoms with Crippen LogP contribution in [-0.4, -0.2) is 42.1 Å². The number of carbonyl (C=O) groups is 1. The normalized spacial score (nSPS) is 15.3. The Labute approximate surface area is 136 Å². The third kappa shape index (κ3) is 5.22. The number of ether oxygens (including phenoxy) is 1. The van der Waals surface area contributed by atoms with Crippen molar-refractivity contribution in [1.29, 1.82) is 0 Å². The van der Waals surface area contributed by atoms with Gasteiger partial charge in [-0.3, -0.25) is 9.89 Å². The van der Waals surface area contributed by atoms with Gasteiger partial charge in [0.2, 0.25) is 0 Å². The van der Waals surface area contributed by atoms with E-state index >= 15 is 0 Å². The predicted molar refractivity (Wildman–Crippen MR) is 88.4 cm³/mol. The number of benzene rings is 1. The van der Waals surface area contributed by atoms with E-state index in [0.29, 0.717) is 31.2 Å². The van der Waals surface area contributed by atoms with Gasteiger partial charge in [-0.25, -0.2) is 4.79 Å². The molecule has 1 N–H and O–H groups in total. The quantitative estimate of drug-likeness (QED) is 0.910. The van der Waals surface area contributed by atoms with E-state index in [0.717, 1.165) is 11.4 Å². The standard InChI is InChI=1S/C16H22ClN3O2/c1-16(2,3)22-15(21)20-8-7-18-14(11-20)19-10-12-5-4-6-13(17)9-12/h4-6,9H,7-8,10-11H2,1-3H3,(H,18,19). The lowest BCUT2D eigenvalue weighted by Gasteiger charge is -2.30. The first kappa shape index (κ1) is 16.6. The number of amides is 1. The Morgan fingerprint density at radius 2 is 2.23 bits per heavy atom. The maximum absolute atomic E-state index is 12.1. The Balaban J connectivity index is 1.88. The molecule has 0 aliphatic carbocycles. The third-order valence-electron chi connectivity index (χ3n) is 3.05. The molecule has 22 heavy (non-hydrogen) atoms. The first-order chi connectivity index (χ1) is 10.3. The minimum absolute atomic E-state index is 0.301. The second kappa shape index (κ2) is 7.01. The second-order valence-electron chi connectivity index (χ2n) is 6.21. The zero-order valence-electron chi connectivity index (χ0n) is 13.2. The molecule has 1 aromatic rings. The van der Waals surface area contributed by atoms with E-state index in [1.807, 2.05) is 45.0 Å². The average Bonchev–Trinajstić information content (AvgIpc) is 2.44. The fourth-order valence-corrected chi connectivity index (χ4v) is 2.27. The smallest absolute Gasteiger partial charge is 0.410 e. The molecule has 0 saturated heterocycles. The fourth-order valence-electron chi connectivity index (χ4n) is 2.06. The summed E-state index contributed by atoms with van der Waals surface area (Å²) in [5.41, 5.74) is 0.588.